The highest BCUT2D eigenvalue weighted by Crippen LogP contribution is 2.56. The third-order valence-electron chi connectivity index (χ3n) is 4.67. The van der Waals surface area contributed by atoms with Crippen LogP contribution in [-0.2, 0) is 5.41 Å². The smallest absolute Gasteiger partial charge is 0.411 e. The van der Waals surface area contributed by atoms with Crippen LogP contribution in [0.15, 0.2) is 48.5 Å². The molecule has 0 aliphatic rings. The summed E-state index contributed by atoms with van der Waals surface area (Å²) in [6.45, 7) is 3.18. The lowest BCUT2D eigenvalue weighted by molar-refractivity contribution is -0.288. The van der Waals surface area contributed by atoms with E-state index in [-0.39, 0.29) is 24.3 Å². The summed E-state index contributed by atoms with van der Waals surface area (Å²) < 4.78 is 94.7. The number of aliphatic hydroxyl groups excluding tert-OH is 2. The molecule has 0 aromatic heterocycles. The van der Waals surface area contributed by atoms with Crippen molar-refractivity contribution in [3.8, 4) is 11.5 Å². The van der Waals surface area contributed by atoms with E-state index in [1.807, 2.05) is 0 Å². The zero-order valence-electron chi connectivity index (χ0n) is 16.7. The Bertz CT molecular complexity index is 759. The summed E-state index contributed by atoms with van der Waals surface area (Å²) in [5, 5.41) is 18.9. The average molecular weight is 452 g/mol. The molecule has 2 aromatic rings. The van der Waals surface area contributed by atoms with Gasteiger partial charge in [-0.15, -0.1) is 0 Å². The van der Waals surface area contributed by atoms with Gasteiger partial charge in [-0.3, -0.25) is 0 Å². The Morgan fingerprint density at radius 3 is 1.16 bits per heavy atom. The third-order valence-corrected chi connectivity index (χ3v) is 4.67. The van der Waals surface area contributed by atoms with E-state index >= 15 is 0 Å². The summed E-state index contributed by atoms with van der Waals surface area (Å²) in [5.74, 6) is -0.151. The number of alkyl halides is 6. The lowest BCUT2D eigenvalue weighted by Gasteiger charge is -2.38. The number of ether oxygens (including phenoxy) is 2. The van der Waals surface area contributed by atoms with Crippen molar-refractivity contribution in [1.82, 2.24) is 0 Å². The number of hydrogen-bond acceptors (Lipinski definition) is 4. The molecular weight excluding hydrogens is 430 g/mol. The highest BCUT2D eigenvalue weighted by atomic mass is 19.4. The molecule has 0 saturated carbocycles. The lowest BCUT2D eigenvalue weighted by atomic mass is 9.73. The van der Waals surface area contributed by atoms with Crippen molar-refractivity contribution in [2.24, 2.45) is 0 Å². The Labute approximate surface area is 175 Å². The molecule has 2 aromatic carbocycles. The highest BCUT2D eigenvalue weighted by Gasteiger charge is 2.72. The first-order chi connectivity index (χ1) is 14.4. The zero-order chi connectivity index (χ0) is 23.4. The first-order valence-electron chi connectivity index (χ1n) is 9.40. The second-order valence-electron chi connectivity index (χ2n) is 6.76. The highest BCUT2D eigenvalue weighted by molar-refractivity contribution is 5.47. The summed E-state index contributed by atoms with van der Waals surface area (Å²) in [5.41, 5.74) is -6.44. The molecule has 0 spiro atoms. The number of rotatable bonds is 8. The van der Waals surface area contributed by atoms with Crippen LogP contribution in [-0.4, -0.2) is 35.1 Å². The van der Waals surface area contributed by atoms with Crippen LogP contribution in [0.25, 0.3) is 0 Å². The van der Waals surface area contributed by atoms with Crippen LogP contribution in [0.1, 0.15) is 37.8 Å². The van der Waals surface area contributed by atoms with Gasteiger partial charge in [0, 0.05) is 12.8 Å². The van der Waals surface area contributed by atoms with E-state index in [1.165, 1.54) is 0 Å². The molecule has 0 heterocycles. The molecule has 31 heavy (non-hydrogen) atoms. The van der Waals surface area contributed by atoms with Gasteiger partial charge in [0.15, 0.2) is 12.6 Å². The molecule has 0 bridgehead atoms. The fourth-order valence-electron chi connectivity index (χ4n) is 3.03. The summed E-state index contributed by atoms with van der Waals surface area (Å²) in [7, 11) is 0. The van der Waals surface area contributed by atoms with Gasteiger partial charge in [-0.2, -0.15) is 26.3 Å². The van der Waals surface area contributed by atoms with Gasteiger partial charge in [0.05, 0.1) is 0 Å². The van der Waals surface area contributed by atoms with Crippen molar-refractivity contribution in [1.29, 1.82) is 0 Å². The molecular formula is C21H22F6O4. The molecule has 2 atom stereocenters. The third kappa shape index (κ3) is 5.07. The minimum atomic E-state index is -5.73. The summed E-state index contributed by atoms with van der Waals surface area (Å²) >= 11 is 0. The summed E-state index contributed by atoms with van der Waals surface area (Å²) in [6, 6.07) is 6.44. The molecule has 2 unspecified atom stereocenters. The van der Waals surface area contributed by atoms with Crippen LogP contribution in [0.3, 0.4) is 0 Å². The van der Waals surface area contributed by atoms with Gasteiger partial charge in [0.1, 0.15) is 11.5 Å². The first kappa shape index (κ1) is 24.8. The van der Waals surface area contributed by atoms with E-state index in [4.69, 9.17) is 9.47 Å². The standard InChI is InChI=1S/C21H22F6O4/c1-3-17(28)30-15-9-5-13(6-10-15)19(20(22,23)24,21(25,26)27)14-7-11-16(12-8-14)31-18(29)4-2/h5-12,17-18,28-29H,3-4H2,1-2H3. The van der Waals surface area contributed by atoms with E-state index in [0.717, 1.165) is 24.3 Å². The molecule has 2 N–H and O–H groups in total. The van der Waals surface area contributed by atoms with Crippen molar-refractivity contribution >= 4 is 0 Å². The molecule has 0 radical (unpaired) electrons. The van der Waals surface area contributed by atoms with E-state index in [1.54, 1.807) is 13.8 Å². The molecule has 172 valence electrons. The van der Waals surface area contributed by atoms with Gasteiger partial charge in [0.2, 0.25) is 5.41 Å². The predicted molar refractivity (Wildman–Crippen MR) is 99.6 cm³/mol. The van der Waals surface area contributed by atoms with Crippen LogP contribution < -0.4 is 9.47 Å². The van der Waals surface area contributed by atoms with Gasteiger partial charge in [-0.1, -0.05) is 38.1 Å². The second-order valence-corrected chi connectivity index (χ2v) is 6.76. The Kier molecular flexibility index (Phi) is 7.48. The van der Waals surface area contributed by atoms with Gasteiger partial charge >= 0.3 is 12.4 Å². The van der Waals surface area contributed by atoms with Crippen molar-refractivity contribution in [2.75, 3.05) is 0 Å². The number of halogens is 6. The van der Waals surface area contributed by atoms with Gasteiger partial charge in [-0.05, 0) is 35.4 Å². The molecule has 0 fully saturated rings. The number of aliphatic hydroxyl groups is 2. The topological polar surface area (TPSA) is 58.9 Å². The van der Waals surface area contributed by atoms with Crippen LogP contribution in [0.2, 0.25) is 0 Å². The van der Waals surface area contributed by atoms with Gasteiger partial charge in [-0.25, -0.2) is 0 Å². The largest absolute Gasteiger partial charge is 0.465 e. The van der Waals surface area contributed by atoms with Gasteiger partial charge < -0.3 is 19.7 Å². The quantitative estimate of drug-likeness (QED) is 0.421. The molecule has 0 aliphatic carbocycles. The van der Waals surface area contributed by atoms with E-state index in [0.29, 0.717) is 24.3 Å². The van der Waals surface area contributed by atoms with Crippen LogP contribution in [0, 0.1) is 0 Å². The maximum Gasteiger partial charge on any atom is 0.411 e. The Morgan fingerprint density at radius 2 is 0.935 bits per heavy atom. The molecule has 0 aliphatic heterocycles. The van der Waals surface area contributed by atoms with Crippen molar-refractivity contribution in [2.45, 2.75) is 57.0 Å². The van der Waals surface area contributed by atoms with Crippen LogP contribution in [0.5, 0.6) is 11.5 Å². The summed E-state index contributed by atoms with van der Waals surface area (Å²) in [6.07, 6.45) is -13.6. The molecule has 0 amide bonds. The SMILES string of the molecule is CCC(O)Oc1ccc(C(c2ccc(OC(O)CC)cc2)(C(F)(F)F)C(F)(F)F)cc1. The lowest BCUT2D eigenvalue weighted by Crippen LogP contribution is -2.54. The minimum absolute atomic E-state index is 0.0753. The molecule has 2 rings (SSSR count). The fraction of sp³-hybridized carbons (Fsp3) is 0.429. The summed E-state index contributed by atoms with van der Waals surface area (Å²) in [4.78, 5) is 0. The fourth-order valence-corrected chi connectivity index (χ4v) is 3.03. The van der Waals surface area contributed by atoms with Crippen LogP contribution in [0.4, 0.5) is 26.3 Å². The Balaban J connectivity index is 2.60. The maximum atomic E-state index is 14.1. The van der Waals surface area contributed by atoms with E-state index in [2.05, 4.69) is 0 Å². The van der Waals surface area contributed by atoms with Crippen molar-refractivity contribution < 1.29 is 46.0 Å². The van der Waals surface area contributed by atoms with Crippen molar-refractivity contribution in [3.05, 3.63) is 59.7 Å². The first-order valence-corrected chi connectivity index (χ1v) is 9.40. The molecule has 10 heteroatoms. The normalized spacial score (nSPS) is 14.8. The monoisotopic (exact) mass is 452 g/mol. The van der Waals surface area contributed by atoms with Crippen LogP contribution >= 0.6 is 0 Å². The van der Waals surface area contributed by atoms with E-state index < -0.39 is 41.5 Å². The number of benzene rings is 2. The molecule has 0 saturated heterocycles. The Morgan fingerprint density at radius 1 is 0.645 bits per heavy atom. The van der Waals surface area contributed by atoms with Crippen molar-refractivity contribution in [3.63, 3.8) is 0 Å². The Hall–Kier alpha value is -2.46. The number of hydrogen-bond donors (Lipinski definition) is 2. The maximum absolute atomic E-state index is 14.1. The van der Waals surface area contributed by atoms with E-state index in [9.17, 15) is 36.6 Å². The average Bonchev–Trinajstić information content (AvgIpc) is 2.68. The molecule has 4 nitrogen and oxygen atoms in total. The second kappa shape index (κ2) is 9.35. The zero-order valence-corrected chi connectivity index (χ0v) is 16.7. The predicted octanol–water partition coefficient (Wildman–Crippen LogP) is 5.31. The minimum Gasteiger partial charge on any atom is -0.465 e. The van der Waals surface area contributed by atoms with Gasteiger partial charge in [0.25, 0.3) is 0 Å².